The first kappa shape index (κ1) is 21.8. The molecule has 0 saturated heterocycles. The first-order valence-corrected chi connectivity index (χ1v) is 12.3. The number of hydrogen-bond donors (Lipinski definition) is 1. The van der Waals surface area contributed by atoms with Crippen molar-refractivity contribution in [3.8, 4) is 0 Å². The molecule has 0 spiro atoms. The Kier molecular flexibility index (Phi) is 6.34. The molecule has 3 aromatic rings. The summed E-state index contributed by atoms with van der Waals surface area (Å²) in [6, 6.07) is 5.93. The Labute approximate surface area is 190 Å². The molecule has 2 heterocycles. The number of hydrogen-bond acceptors (Lipinski definition) is 5. The van der Waals surface area contributed by atoms with E-state index in [1.54, 1.807) is 22.0 Å². The minimum Gasteiger partial charge on any atom is -0.325 e. The molecule has 1 aliphatic rings. The van der Waals surface area contributed by atoms with Gasteiger partial charge in [-0.25, -0.2) is 4.98 Å². The van der Waals surface area contributed by atoms with Gasteiger partial charge >= 0.3 is 0 Å². The van der Waals surface area contributed by atoms with E-state index in [9.17, 15) is 9.59 Å². The van der Waals surface area contributed by atoms with E-state index in [2.05, 4.69) is 18.8 Å². The van der Waals surface area contributed by atoms with Crippen molar-refractivity contribution in [1.82, 2.24) is 9.55 Å². The van der Waals surface area contributed by atoms with Crippen LogP contribution in [0.1, 0.15) is 34.9 Å². The van der Waals surface area contributed by atoms with Crippen LogP contribution in [-0.4, -0.2) is 21.2 Å². The number of rotatable bonds is 6. The summed E-state index contributed by atoms with van der Waals surface area (Å²) < 4.78 is 1.65. The molecule has 0 aliphatic heterocycles. The van der Waals surface area contributed by atoms with Crippen LogP contribution in [0.4, 0.5) is 5.69 Å². The molecule has 7 heteroatoms. The van der Waals surface area contributed by atoms with Crippen molar-refractivity contribution in [2.75, 3.05) is 11.1 Å². The number of fused-ring (bicyclic) bond motifs is 3. The topological polar surface area (TPSA) is 64.0 Å². The molecule has 1 aromatic carbocycles. The average molecular weight is 454 g/mol. The minimum absolute atomic E-state index is 0.0189. The van der Waals surface area contributed by atoms with Gasteiger partial charge < -0.3 is 5.32 Å². The van der Waals surface area contributed by atoms with Crippen LogP contribution in [0.5, 0.6) is 0 Å². The molecule has 2 aromatic heterocycles. The van der Waals surface area contributed by atoms with Gasteiger partial charge in [0.15, 0.2) is 5.16 Å². The molecular formula is C24H27N3O2S2. The van der Waals surface area contributed by atoms with Crippen molar-refractivity contribution in [2.24, 2.45) is 5.92 Å². The quantitative estimate of drug-likeness (QED) is 0.320. The number of anilines is 1. The molecule has 0 fully saturated rings. The molecule has 1 N–H and O–H groups in total. The van der Waals surface area contributed by atoms with Crippen LogP contribution in [0.15, 0.2) is 40.8 Å². The van der Waals surface area contributed by atoms with E-state index in [0.717, 1.165) is 46.3 Å². The number of nitrogens with one attached hydrogen (secondary N) is 1. The lowest BCUT2D eigenvalue weighted by Crippen LogP contribution is -2.24. The van der Waals surface area contributed by atoms with Crippen LogP contribution < -0.4 is 10.9 Å². The molecule has 31 heavy (non-hydrogen) atoms. The van der Waals surface area contributed by atoms with Gasteiger partial charge in [-0.05, 0) is 55.7 Å². The van der Waals surface area contributed by atoms with Crippen molar-refractivity contribution in [1.29, 1.82) is 0 Å². The van der Waals surface area contributed by atoms with Gasteiger partial charge in [0.1, 0.15) is 4.83 Å². The summed E-state index contributed by atoms with van der Waals surface area (Å²) in [4.78, 5) is 32.9. The van der Waals surface area contributed by atoms with Gasteiger partial charge in [0, 0.05) is 17.1 Å². The monoisotopic (exact) mass is 453 g/mol. The number of nitrogens with zero attached hydrogens (tertiary/aromatic N) is 2. The maximum absolute atomic E-state index is 13.3. The van der Waals surface area contributed by atoms with Crippen molar-refractivity contribution in [3.63, 3.8) is 0 Å². The second-order valence-corrected chi connectivity index (χ2v) is 10.3. The number of amides is 1. The number of para-hydroxylation sites is 1. The second kappa shape index (κ2) is 9.01. The Hall–Kier alpha value is -2.38. The normalized spacial score (nSPS) is 15.6. The zero-order valence-corrected chi connectivity index (χ0v) is 19.8. The van der Waals surface area contributed by atoms with E-state index in [-0.39, 0.29) is 17.2 Å². The summed E-state index contributed by atoms with van der Waals surface area (Å²) in [7, 11) is 0. The SMILES string of the molecule is C=CCn1c(SCC(=O)Nc2c(C)cccc2C)nc2sc3c(c2c1=O)CCC(C)C3. The van der Waals surface area contributed by atoms with Crippen molar-refractivity contribution in [3.05, 3.63) is 62.8 Å². The zero-order chi connectivity index (χ0) is 22.1. The number of thioether (sulfide) groups is 1. The first-order chi connectivity index (χ1) is 14.9. The highest BCUT2D eigenvalue weighted by Crippen LogP contribution is 2.36. The van der Waals surface area contributed by atoms with Gasteiger partial charge in [-0.15, -0.1) is 17.9 Å². The Balaban J connectivity index is 1.62. The molecule has 1 atom stereocenters. The van der Waals surface area contributed by atoms with E-state index >= 15 is 0 Å². The molecule has 0 saturated carbocycles. The van der Waals surface area contributed by atoms with Gasteiger partial charge in [0.25, 0.3) is 5.56 Å². The van der Waals surface area contributed by atoms with Crippen molar-refractivity contribution < 1.29 is 4.79 Å². The number of thiophene rings is 1. The van der Waals surface area contributed by atoms with Crippen LogP contribution >= 0.6 is 23.1 Å². The summed E-state index contributed by atoms with van der Waals surface area (Å²) in [5.74, 6) is 0.713. The maximum Gasteiger partial charge on any atom is 0.263 e. The third-order valence-electron chi connectivity index (χ3n) is 5.77. The fourth-order valence-electron chi connectivity index (χ4n) is 4.12. The predicted molar refractivity (Wildman–Crippen MR) is 131 cm³/mol. The van der Waals surface area contributed by atoms with E-state index in [4.69, 9.17) is 4.98 Å². The fraction of sp³-hybridized carbons (Fsp3) is 0.375. The Morgan fingerprint density at radius 2 is 2.13 bits per heavy atom. The molecule has 1 aliphatic carbocycles. The van der Waals surface area contributed by atoms with Gasteiger partial charge in [-0.2, -0.15) is 0 Å². The van der Waals surface area contributed by atoms with Crippen LogP contribution in [0.3, 0.4) is 0 Å². The number of benzene rings is 1. The smallest absolute Gasteiger partial charge is 0.263 e. The lowest BCUT2D eigenvalue weighted by molar-refractivity contribution is -0.113. The molecule has 1 unspecified atom stereocenters. The van der Waals surface area contributed by atoms with Crippen LogP contribution in [0.2, 0.25) is 0 Å². The molecule has 1 amide bonds. The highest BCUT2D eigenvalue weighted by molar-refractivity contribution is 7.99. The Morgan fingerprint density at radius 1 is 1.39 bits per heavy atom. The highest BCUT2D eigenvalue weighted by atomic mass is 32.2. The molecule has 0 bridgehead atoms. The minimum atomic E-state index is -0.110. The Morgan fingerprint density at radius 3 is 2.84 bits per heavy atom. The van der Waals surface area contributed by atoms with Crippen LogP contribution in [0, 0.1) is 19.8 Å². The second-order valence-electron chi connectivity index (χ2n) is 8.23. The van der Waals surface area contributed by atoms with Crippen molar-refractivity contribution in [2.45, 2.75) is 51.7 Å². The molecule has 0 radical (unpaired) electrons. The molecule has 162 valence electrons. The van der Waals surface area contributed by atoms with Gasteiger partial charge in [0.2, 0.25) is 5.91 Å². The molecular weight excluding hydrogens is 426 g/mol. The number of aryl methyl sites for hydroxylation is 3. The van der Waals surface area contributed by atoms with E-state index in [1.807, 2.05) is 32.0 Å². The maximum atomic E-state index is 13.3. The summed E-state index contributed by atoms with van der Waals surface area (Å²) >= 11 is 2.94. The van der Waals surface area contributed by atoms with E-state index < -0.39 is 0 Å². The molecule has 5 nitrogen and oxygen atoms in total. The number of carbonyl (C=O) groups excluding carboxylic acids is 1. The summed E-state index contributed by atoms with van der Waals surface area (Å²) in [5, 5.41) is 4.34. The van der Waals surface area contributed by atoms with Gasteiger partial charge in [0.05, 0.1) is 11.1 Å². The highest BCUT2D eigenvalue weighted by Gasteiger charge is 2.24. The third kappa shape index (κ3) is 4.34. The summed E-state index contributed by atoms with van der Waals surface area (Å²) in [6.07, 6.45) is 4.76. The van der Waals surface area contributed by atoms with Gasteiger partial charge in [-0.3, -0.25) is 14.2 Å². The summed E-state index contributed by atoms with van der Waals surface area (Å²) in [5.41, 5.74) is 4.06. The standard InChI is InChI=1S/C24H27N3O2S2/c1-5-11-27-23(29)20-17-10-9-14(2)12-18(17)31-22(20)26-24(27)30-13-19(28)25-21-15(3)7-6-8-16(21)4/h5-8,14H,1,9-13H2,2-4H3,(H,25,28). The first-order valence-electron chi connectivity index (χ1n) is 10.5. The summed E-state index contributed by atoms with van der Waals surface area (Å²) in [6.45, 7) is 10.4. The van der Waals surface area contributed by atoms with Crippen molar-refractivity contribution >= 4 is 44.9 Å². The predicted octanol–water partition coefficient (Wildman–Crippen LogP) is 5.12. The Bertz CT molecular complexity index is 1210. The van der Waals surface area contributed by atoms with Crippen LogP contribution in [-0.2, 0) is 24.2 Å². The van der Waals surface area contributed by atoms with E-state index in [0.29, 0.717) is 17.6 Å². The zero-order valence-electron chi connectivity index (χ0n) is 18.2. The lowest BCUT2D eigenvalue weighted by Gasteiger charge is -2.17. The van der Waals surface area contributed by atoms with E-state index in [1.165, 1.54) is 22.2 Å². The van der Waals surface area contributed by atoms with Gasteiger partial charge in [-0.1, -0.05) is 43.0 Å². The number of carbonyl (C=O) groups is 1. The number of aromatic nitrogens is 2. The largest absolute Gasteiger partial charge is 0.325 e. The number of allylic oxidation sites excluding steroid dienone is 1. The van der Waals surface area contributed by atoms with Crippen LogP contribution in [0.25, 0.3) is 10.2 Å². The average Bonchev–Trinajstić information content (AvgIpc) is 3.09. The third-order valence-corrected chi connectivity index (χ3v) is 7.89. The molecule has 4 rings (SSSR count). The fourth-order valence-corrected chi connectivity index (χ4v) is 6.35. The lowest BCUT2D eigenvalue weighted by atomic mass is 9.89.